The van der Waals surface area contributed by atoms with Gasteiger partial charge in [0.1, 0.15) is 29.7 Å². The summed E-state index contributed by atoms with van der Waals surface area (Å²) >= 11 is 0. The van der Waals surface area contributed by atoms with Gasteiger partial charge < -0.3 is 36.4 Å². The molecular weight excluding hydrogens is 506 g/mol. The zero-order chi connectivity index (χ0) is 28.1. The molecule has 0 spiro atoms. The number of benzene rings is 2. The van der Waals surface area contributed by atoms with Crippen molar-refractivity contribution in [1.29, 1.82) is 5.41 Å². The minimum absolute atomic E-state index is 0.0478. The van der Waals surface area contributed by atoms with E-state index in [-0.39, 0.29) is 30.6 Å². The SMILES string of the molecule is CCOC(=O)C(CNC(=O)NC1CCN(c2ccc(C(=N)N)cc2)C1=O)NC(=O)C1=Nc2ccccc2C1O. The van der Waals surface area contributed by atoms with E-state index >= 15 is 0 Å². The van der Waals surface area contributed by atoms with E-state index in [9.17, 15) is 24.3 Å². The molecule has 2 aromatic rings. The van der Waals surface area contributed by atoms with E-state index < -0.39 is 36.1 Å². The number of carbonyl (C=O) groups is 4. The van der Waals surface area contributed by atoms with Crippen LogP contribution in [0.1, 0.15) is 30.6 Å². The smallest absolute Gasteiger partial charge is 0.330 e. The fourth-order valence-corrected chi connectivity index (χ4v) is 4.30. The molecule has 13 heteroatoms. The highest BCUT2D eigenvalue weighted by atomic mass is 16.5. The van der Waals surface area contributed by atoms with Crippen LogP contribution >= 0.6 is 0 Å². The third kappa shape index (κ3) is 6.04. The molecule has 4 rings (SSSR count). The fraction of sp³-hybridized carbons (Fsp3) is 0.308. The van der Waals surface area contributed by atoms with Crippen LogP contribution in [-0.2, 0) is 19.1 Å². The Morgan fingerprint density at radius 3 is 2.59 bits per heavy atom. The highest BCUT2D eigenvalue weighted by Gasteiger charge is 2.35. The van der Waals surface area contributed by atoms with Gasteiger partial charge >= 0.3 is 12.0 Å². The van der Waals surface area contributed by atoms with Gasteiger partial charge in [-0.1, -0.05) is 18.2 Å². The molecule has 4 amide bonds. The van der Waals surface area contributed by atoms with E-state index in [1.54, 1.807) is 55.5 Å². The summed E-state index contributed by atoms with van der Waals surface area (Å²) in [5.41, 5.74) is 7.35. The van der Waals surface area contributed by atoms with Gasteiger partial charge in [-0.3, -0.25) is 15.0 Å². The van der Waals surface area contributed by atoms with Crippen molar-refractivity contribution in [2.75, 3.05) is 24.6 Å². The number of carbonyl (C=O) groups excluding carboxylic acids is 4. The standard InChI is InChI=1S/C26H29N7O6/c1-2-39-25(37)19(31-23(35)20-21(34)16-5-3-4-6-17(16)30-20)13-29-26(38)32-18-11-12-33(24(18)36)15-9-7-14(8-10-15)22(27)28/h3-10,18-19,21,34H,2,11-13H2,1H3,(H3,27,28)(H,31,35)(H2,29,32,38). The zero-order valence-electron chi connectivity index (χ0n) is 21.1. The minimum atomic E-state index is -1.27. The highest BCUT2D eigenvalue weighted by Crippen LogP contribution is 2.33. The van der Waals surface area contributed by atoms with Crippen LogP contribution in [0.5, 0.6) is 0 Å². The normalized spacial score (nSPS) is 18.6. The average Bonchev–Trinajstić information content (AvgIpc) is 3.46. The van der Waals surface area contributed by atoms with Gasteiger partial charge in [0.15, 0.2) is 0 Å². The molecule has 204 valence electrons. The first-order valence-corrected chi connectivity index (χ1v) is 12.3. The number of nitrogens with two attached hydrogens (primary N) is 1. The number of anilines is 1. The minimum Gasteiger partial charge on any atom is -0.464 e. The third-order valence-corrected chi connectivity index (χ3v) is 6.31. The summed E-state index contributed by atoms with van der Waals surface area (Å²) < 4.78 is 5.02. The summed E-state index contributed by atoms with van der Waals surface area (Å²) in [6.45, 7) is 1.69. The third-order valence-electron chi connectivity index (χ3n) is 6.31. The molecule has 13 nitrogen and oxygen atoms in total. The number of amides is 4. The summed E-state index contributed by atoms with van der Waals surface area (Å²) in [4.78, 5) is 56.4. The van der Waals surface area contributed by atoms with Crippen molar-refractivity contribution in [3.05, 3.63) is 59.7 Å². The monoisotopic (exact) mass is 535 g/mol. The molecule has 0 aromatic heterocycles. The lowest BCUT2D eigenvalue weighted by atomic mass is 10.1. The second-order valence-corrected chi connectivity index (χ2v) is 8.88. The molecule has 1 fully saturated rings. The second-order valence-electron chi connectivity index (χ2n) is 8.88. The molecule has 2 heterocycles. The molecule has 2 aromatic carbocycles. The van der Waals surface area contributed by atoms with Crippen LogP contribution in [0, 0.1) is 5.41 Å². The number of aliphatic hydroxyl groups is 1. The van der Waals surface area contributed by atoms with Crippen molar-refractivity contribution in [2.24, 2.45) is 10.7 Å². The molecule has 1 saturated heterocycles. The first-order valence-electron chi connectivity index (χ1n) is 12.3. The molecule has 3 atom stereocenters. The number of para-hydroxylation sites is 1. The number of aliphatic hydroxyl groups excluding tert-OH is 1. The number of nitrogens with zero attached hydrogens (tertiary/aromatic N) is 2. The zero-order valence-corrected chi connectivity index (χ0v) is 21.1. The molecule has 39 heavy (non-hydrogen) atoms. The van der Waals surface area contributed by atoms with Crippen LogP contribution in [0.15, 0.2) is 53.5 Å². The van der Waals surface area contributed by atoms with Crippen molar-refractivity contribution in [1.82, 2.24) is 16.0 Å². The molecule has 2 aliphatic heterocycles. The van der Waals surface area contributed by atoms with Crippen LogP contribution in [0.2, 0.25) is 0 Å². The Kier molecular flexibility index (Phi) is 8.20. The van der Waals surface area contributed by atoms with Crippen LogP contribution < -0.4 is 26.6 Å². The Morgan fingerprint density at radius 2 is 1.92 bits per heavy atom. The maximum atomic E-state index is 12.9. The quantitative estimate of drug-likeness (QED) is 0.150. The Hall–Kier alpha value is -4.78. The number of nitrogens with one attached hydrogen (secondary N) is 4. The predicted octanol–water partition coefficient (Wildman–Crippen LogP) is 0.243. The summed E-state index contributed by atoms with van der Waals surface area (Å²) in [7, 11) is 0. The molecule has 0 aliphatic carbocycles. The van der Waals surface area contributed by atoms with Crippen molar-refractivity contribution in [2.45, 2.75) is 31.5 Å². The van der Waals surface area contributed by atoms with Crippen molar-refractivity contribution >= 4 is 46.7 Å². The number of urea groups is 1. The molecular formula is C26H29N7O6. The molecule has 0 bridgehead atoms. The lowest BCUT2D eigenvalue weighted by Gasteiger charge is -2.20. The van der Waals surface area contributed by atoms with E-state index in [2.05, 4.69) is 20.9 Å². The Morgan fingerprint density at radius 1 is 1.21 bits per heavy atom. The number of nitrogen functional groups attached to an aromatic ring is 1. The van der Waals surface area contributed by atoms with Gasteiger partial charge in [0.25, 0.3) is 5.91 Å². The second kappa shape index (κ2) is 11.7. The fourth-order valence-electron chi connectivity index (χ4n) is 4.30. The van der Waals surface area contributed by atoms with Crippen molar-refractivity contribution < 1.29 is 29.0 Å². The first-order chi connectivity index (χ1) is 18.7. The Balaban J connectivity index is 1.33. The maximum Gasteiger partial charge on any atom is 0.330 e. The van der Waals surface area contributed by atoms with Gasteiger partial charge in [0.2, 0.25) is 5.91 Å². The number of fused-ring (bicyclic) bond motifs is 1. The molecule has 7 N–H and O–H groups in total. The molecule has 0 radical (unpaired) electrons. The van der Waals surface area contributed by atoms with Crippen LogP contribution in [0.3, 0.4) is 0 Å². The van der Waals surface area contributed by atoms with E-state index in [0.717, 1.165) is 0 Å². The number of esters is 1. The summed E-state index contributed by atoms with van der Waals surface area (Å²) in [5.74, 6) is -1.96. The molecule has 2 aliphatic rings. The molecule has 0 saturated carbocycles. The number of hydrogen-bond donors (Lipinski definition) is 6. The Bertz CT molecular complexity index is 1330. The van der Waals surface area contributed by atoms with Crippen LogP contribution in [0.25, 0.3) is 0 Å². The van der Waals surface area contributed by atoms with Crippen LogP contribution in [0.4, 0.5) is 16.2 Å². The first kappa shape index (κ1) is 27.3. The lowest BCUT2D eigenvalue weighted by molar-refractivity contribution is -0.146. The van der Waals surface area contributed by atoms with E-state index in [1.165, 1.54) is 4.90 Å². The van der Waals surface area contributed by atoms with Gasteiger partial charge in [-0.2, -0.15) is 0 Å². The predicted molar refractivity (Wildman–Crippen MR) is 142 cm³/mol. The topological polar surface area (TPSA) is 199 Å². The number of amidine groups is 1. The number of hydrogen-bond acceptors (Lipinski definition) is 8. The highest BCUT2D eigenvalue weighted by molar-refractivity contribution is 6.42. The Labute approximate surface area is 223 Å². The lowest BCUT2D eigenvalue weighted by Crippen LogP contribution is -2.54. The largest absolute Gasteiger partial charge is 0.464 e. The van der Waals surface area contributed by atoms with Gasteiger partial charge in [-0.05, 0) is 43.7 Å². The van der Waals surface area contributed by atoms with Crippen molar-refractivity contribution in [3.63, 3.8) is 0 Å². The molecule has 3 unspecified atom stereocenters. The summed E-state index contributed by atoms with van der Waals surface area (Å²) in [6.07, 6.45) is -0.896. The van der Waals surface area contributed by atoms with Gasteiger partial charge in [0, 0.05) is 23.4 Å². The van der Waals surface area contributed by atoms with Crippen LogP contribution in [-0.4, -0.2) is 72.2 Å². The van der Waals surface area contributed by atoms with Gasteiger partial charge in [-0.25, -0.2) is 14.6 Å². The number of aliphatic imine (C=N–C) groups is 1. The van der Waals surface area contributed by atoms with E-state index in [4.69, 9.17) is 15.9 Å². The summed E-state index contributed by atoms with van der Waals surface area (Å²) in [6, 6.07) is 10.6. The van der Waals surface area contributed by atoms with E-state index in [0.29, 0.717) is 35.5 Å². The van der Waals surface area contributed by atoms with Gasteiger partial charge in [0.05, 0.1) is 18.8 Å². The van der Waals surface area contributed by atoms with Crippen molar-refractivity contribution in [3.8, 4) is 0 Å². The van der Waals surface area contributed by atoms with Gasteiger partial charge in [-0.15, -0.1) is 0 Å². The summed E-state index contributed by atoms with van der Waals surface area (Å²) in [5, 5.41) is 25.5. The number of rotatable bonds is 9. The number of ether oxygens (including phenoxy) is 1. The average molecular weight is 536 g/mol. The van der Waals surface area contributed by atoms with E-state index in [1.807, 2.05) is 0 Å². The maximum absolute atomic E-state index is 12.9.